The molecule has 0 amide bonds. The van der Waals surface area contributed by atoms with Crippen molar-refractivity contribution in [1.82, 2.24) is 0 Å². The molecule has 0 bridgehead atoms. The van der Waals surface area contributed by atoms with Gasteiger partial charge in [0.1, 0.15) is 31.0 Å². The largest absolute Gasteiger partial charge is 0.462 e. The Bertz CT molecular complexity index is 1110. The monoisotopic (exact) mass is 805 g/mol. The standard InChI is InChI=1S/C47H80O10/c1-3-5-7-9-11-13-15-17-19-20-22-23-25-27-29-31-33-35-42(49)54-38-40(39-55-47-46(53)45(52)44(51)41(37-48)57-47)56-43(50)36-34-32-30-28-26-24-21-18-16-14-12-10-8-6-4-2/h14,16-19,21-23,27,29,40-41,44-48,51-53H,3-13,15,20,24-26,28,30-39H2,1-2H3/b16-14+,19-17+,21-18+,23-22+,29-27+/t40-,41-,44+,45?,46?,47-/m0/s1. The van der Waals surface area contributed by atoms with Crippen LogP contribution in [0, 0.1) is 0 Å². The van der Waals surface area contributed by atoms with Gasteiger partial charge in [-0.15, -0.1) is 0 Å². The number of ether oxygens (including phenoxy) is 4. The molecule has 328 valence electrons. The number of esters is 2. The van der Waals surface area contributed by atoms with E-state index in [0.29, 0.717) is 12.8 Å². The molecule has 1 rings (SSSR count). The molecule has 1 aliphatic heterocycles. The van der Waals surface area contributed by atoms with E-state index < -0.39 is 55.4 Å². The van der Waals surface area contributed by atoms with E-state index in [-0.39, 0.29) is 26.1 Å². The van der Waals surface area contributed by atoms with Crippen molar-refractivity contribution in [2.24, 2.45) is 0 Å². The van der Waals surface area contributed by atoms with Crippen molar-refractivity contribution in [3.8, 4) is 0 Å². The summed E-state index contributed by atoms with van der Waals surface area (Å²) in [5, 5.41) is 40.0. The molecule has 57 heavy (non-hydrogen) atoms. The van der Waals surface area contributed by atoms with Crippen molar-refractivity contribution in [3.63, 3.8) is 0 Å². The molecule has 2 unspecified atom stereocenters. The molecule has 1 heterocycles. The van der Waals surface area contributed by atoms with Gasteiger partial charge >= 0.3 is 11.9 Å². The zero-order chi connectivity index (χ0) is 41.6. The minimum atomic E-state index is -1.61. The minimum absolute atomic E-state index is 0.198. The van der Waals surface area contributed by atoms with Gasteiger partial charge in [-0.05, 0) is 70.6 Å². The third-order valence-electron chi connectivity index (χ3n) is 9.90. The molecule has 0 spiro atoms. The summed E-state index contributed by atoms with van der Waals surface area (Å²) >= 11 is 0. The van der Waals surface area contributed by atoms with E-state index >= 15 is 0 Å². The third-order valence-corrected chi connectivity index (χ3v) is 9.90. The minimum Gasteiger partial charge on any atom is -0.462 e. The topological polar surface area (TPSA) is 152 Å². The Morgan fingerprint density at radius 2 is 1.05 bits per heavy atom. The lowest BCUT2D eigenvalue weighted by molar-refractivity contribution is -0.305. The molecule has 10 nitrogen and oxygen atoms in total. The van der Waals surface area contributed by atoms with Crippen LogP contribution >= 0.6 is 0 Å². The number of unbranched alkanes of at least 4 members (excludes halogenated alkanes) is 16. The van der Waals surface area contributed by atoms with Crippen LogP contribution in [0.1, 0.15) is 168 Å². The van der Waals surface area contributed by atoms with E-state index in [0.717, 1.165) is 64.2 Å². The Hall–Kier alpha value is -2.60. The van der Waals surface area contributed by atoms with Gasteiger partial charge in [0.15, 0.2) is 12.4 Å². The van der Waals surface area contributed by atoms with Crippen molar-refractivity contribution in [2.75, 3.05) is 19.8 Å². The molecule has 0 radical (unpaired) electrons. The van der Waals surface area contributed by atoms with Gasteiger partial charge in [0.25, 0.3) is 0 Å². The van der Waals surface area contributed by atoms with E-state index in [1.807, 2.05) is 0 Å². The fourth-order valence-corrected chi connectivity index (χ4v) is 6.31. The van der Waals surface area contributed by atoms with Crippen molar-refractivity contribution in [2.45, 2.75) is 205 Å². The van der Waals surface area contributed by atoms with Crippen LogP contribution < -0.4 is 0 Å². The number of carbonyl (C=O) groups excluding carboxylic acids is 2. The van der Waals surface area contributed by atoms with Crippen LogP contribution in [-0.2, 0) is 28.5 Å². The quantitative estimate of drug-likeness (QED) is 0.0209. The molecular weight excluding hydrogens is 725 g/mol. The SMILES string of the molecule is CCCCCC/C=C/C=C/CCCCCCCC(=O)O[C@@H](COC(=O)CCC/C=C/C/C=C/C/C=C/CCCCCCCC)CO[C@H]1O[C@@H](CO)[C@@H](O)C(O)C1O. The first-order valence-corrected chi connectivity index (χ1v) is 22.4. The lowest BCUT2D eigenvalue weighted by atomic mass is 9.99. The van der Waals surface area contributed by atoms with Gasteiger partial charge in [0, 0.05) is 12.8 Å². The number of aliphatic hydroxyl groups excluding tert-OH is 4. The average Bonchev–Trinajstić information content (AvgIpc) is 3.21. The summed E-state index contributed by atoms with van der Waals surface area (Å²) in [5.74, 6) is -0.889. The van der Waals surface area contributed by atoms with E-state index in [1.54, 1.807) is 0 Å². The van der Waals surface area contributed by atoms with Gasteiger partial charge in [-0.2, -0.15) is 0 Å². The summed E-state index contributed by atoms with van der Waals surface area (Å²) in [6.45, 7) is 3.32. The molecule has 1 aliphatic rings. The van der Waals surface area contributed by atoms with Crippen LogP contribution in [0.2, 0.25) is 0 Å². The highest BCUT2D eigenvalue weighted by molar-refractivity contribution is 5.70. The number of carbonyl (C=O) groups is 2. The first-order chi connectivity index (χ1) is 27.8. The number of hydrogen-bond acceptors (Lipinski definition) is 10. The second-order valence-electron chi connectivity index (χ2n) is 15.2. The number of hydrogen-bond donors (Lipinski definition) is 4. The first-order valence-electron chi connectivity index (χ1n) is 22.4. The third kappa shape index (κ3) is 29.3. The first kappa shape index (κ1) is 52.4. The van der Waals surface area contributed by atoms with Crippen LogP contribution in [0.4, 0.5) is 0 Å². The summed E-state index contributed by atoms with van der Waals surface area (Å²) in [5.41, 5.74) is 0. The fourth-order valence-electron chi connectivity index (χ4n) is 6.31. The fraction of sp³-hybridized carbons (Fsp3) is 0.745. The summed E-state index contributed by atoms with van der Waals surface area (Å²) in [4.78, 5) is 25.3. The maximum atomic E-state index is 12.8. The van der Waals surface area contributed by atoms with Crippen LogP contribution in [0.5, 0.6) is 0 Å². The van der Waals surface area contributed by atoms with Crippen molar-refractivity contribution >= 4 is 11.9 Å². The second-order valence-corrected chi connectivity index (χ2v) is 15.2. The molecule has 6 atom stereocenters. The molecular formula is C47H80O10. The summed E-state index contributed by atoms with van der Waals surface area (Å²) < 4.78 is 22.1. The second kappa shape index (κ2) is 37.7. The lowest BCUT2D eigenvalue weighted by Crippen LogP contribution is -2.59. The van der Waals surface area contributed by atoms with E-state index in [2.05, 4.69) is 74.6 Å². The number of rotatable bonds is 36. The Balaban J connectivity index is 2.39. The average molecular weight is 805 g/mol. The van der Waals surface area contributed by atoms with Crippen LogP contribution in [0.25, 0.3) is 0 Å². The predicted octanol–water partition coefficient (Wildman–Crippen LogP) is 9.44. The maximum absolute atomic E-state index is 12.8. The van der Waals surface area contributed by atoms with Gasteiger partial charge in [-0.1, -0.05) is 145 Å². The molecule has 1 saturated heterocycles. The molecule has 1 fully saturated rings. The molecule has 10 heteroatoms. The smallest absolute Gasteiger partial charge is 0.306 e. The molecule has 4 N–H and O–H groups in total. The van der Waals surface area contributed by atoms with E-state index in [4.69, 9.17) is 18.9 Å². The highest BCUT2D eigenvalue weighted by atomic mass is 16.7. The molecule has 0 aromatic heterocycles. The lowest BCUT2D eigenvalue weighted by Gasteiger charge is -2.39. The van der Waals surface area contributed by atoms with Crippen LogP contribution in [0.15, 0.2) is 60.8 Å². The molecule has 0 aromatic carbocycles. The zero-order valence-corrected chi connectivity index (χ0v) is 35.6. The van der Waals surface area contributed by atoms with Crippen molar-refractivity contribution < 1.29 is 49.0 Å². The van der Waals surface area contributed by atoms with E-state index in [9.17, 15) is 30.0 Å². The summed E-state index contributed by atoms with van der Waals surface area (Å²) in [7, 11) is 0. The highest BCUT2D eigenvalue weighted by Crippen LogP contribution is 2.22. The van der Waals surface area contributed by atoms with Crippen molar-refractivity contribution in [1.29, 1.82) is 0 Å². The van der Waals surface area contributed by atoms with Crippen LogP contribution in [-0.4, -0.2) is 89.0 Å². The van der Waals surface area contributed by atoms with Gasteiger partial charge < -0.3 is 39.4 Å². The number of allylic oxidation sites excluding steroid dienone is 10. The molecule has 0 saturated carbocycles. The van der Waals surface area contributed by atoms with Crippen molar-refractivity contribution in [3.05, 3.63) is 60.8 Å². The van der Waals surface area contributed by atoms with Gasteiger partial charge in [0.2, 0.25) is 0 Å². The molecule has 0 aliphatic carbocycles. The van der Waals surface area contributed by atoms with E-state index in [1.165, 1.54) is 64.2 Å². The van der Waals surface area contributed by atoms with Gasteiger partial charge in [0.05, 0.1) is 13.2 Å². The molecule has 0 aromatic rings. The maximum Gasteiger partial charge on any atom is 0.306 e. The zero-order valence-electron chi connectivity index (χ0n) is 35.6. The Morgan fingerprint density at radius 3 is 1.65 bits per heavy atom. The number of aliphatic hydroxyl groups is 4. The Labute approximate surface area is 345 Å². The van der Waals surface area contributed by atoms with Crippen LogP contribution in [0.3, 0.4) is 0 Å². The summed E-state index contributed by atoms with van der Waals surface area (Å²) in [6, 6.07) is 0. The normalized spacial score (nSPS) is 20.8. The highest BCUT2D eigenvalue weighted by Gasteiger charge is 2.44. The summed E-state index contributed by atoms with van der Waals surface area (Å²) in [6.07, 6.45) is 38.0. The Morgan fingerprint density at radius 1 is 0.561 bits per heavy atom. The predicted molar refractivity (Wildman–Crippen MR) is 228 cm³/mol. The Kier molecular flexibility index (Phi) is 34.6. The van der Waals surface area contributed by atoms with Gasteiger partial charge in [-0.25, -0.2) is 0 Å². The van der Waals surface area contributed by atoms with Gasteiger partial charge in [-0.3, -0.25) is 9.59 Å².